The fourth-order valence-electron chi connectivity index (χ4n) is 1.40. The van der Waals surface area contributed by atoms with Gasteiger partial charge in [-0.15, -0.1) is 24.0 Å². The quantitative estimate of drug-likeness (QED) is 0.503. The Bertz CT molecular complexity index is 323. The molecule has 0 fully saturated rings. The van der Waals surface area contributed by atoms with Gasteiger partial charge < -0.3 is 10.2 Å². The van der Waals surface area contributed by atoms with E-state index < -0.39 is 0 Å². The van der Waals surface area contributed by atoms with Gasteiger partial charge in [0.15, 0.2) is 5.96 Å². The normalized spacial score (nSPS) is 12.8. The SMILES string of the molecule is CCNC(=NCC(C)c1ccsc1)N(C)C.I. The Morgan fingerprint density at radius 1 is 1.53 bits per heavy atom. The Kier molecular flexibility index (Phi) is 8.59. The molecule has 3 nitrogen and oxygen atoms in total. The summed E-state index contributed by atoms with van der Waals surface area (Å²) < 4.78 is 0. The topological polar surface area (TPSA) is 27.6 Å². The number of rotatable bonds is 4. The van der Waals surface area contributed by atoms with Gasteiger partial charge in [-0.1, -0.05) is 6.92 Å². The Morgan fingerprint density at radius 2 is 2.24 bits per heavy atom. The van der Waals surface area contributed by atoms with Crippen LogP contribution < -0.4 is 5.32 Å². The lowest BCUT2D eigenvalue weighted by atomic mass is 10.1. The van der Waals surface area contributed by atoms with E-state index in [1.807, 2.05) is 19.0 Å². The van der Waals surface area contributed by atoms with Crippen LogP contribution >= 0.6 is 35.3 Å². The molecule has 1 heterocycles. The minimum absolute atomic E-state index is 0. The van der Waals surface area contributed by atoms with E-state index >= 15 is 0 Å². The van der Waals surface area contributed by atoms with Gasteiger partial charge in [0.25, 0.3) is 0 Å². The van der Waals surface area contributed by atoms with Crippen LogP contribution in [-0.2, 0) is 0 Å². The molecule has 0 spiro atoms. The molecular weight excluding hydrogens is 345 g/mol. The first-order valence-electron chi connectivity index (χ1n) is 5.62. The third-order valence-corrected chi connectivity index (χ3v) is 3.09. The molecule has 17 heavy (non-hydrogen) atoms. The number of nitrogens with one attached hydrogen (secondary N) is 1. The maximum absolute atomic E-state index is 4.60. The van der Waals surface area contributed by atoms with Crippen LogP contribution in [0.3, 0.4) is 0 Å². The molecular formula is C12H22IN3S. The summed E-state index contributed by atoms with van der Waals surface area (Å²) in [6.45, 7) is 6.03. The Hall–Kier alpha value is -0.300. The number of guanidine groups is 1. The maximum Gasteiger partial charge on any atom is 0.193 e. The average Bonchev–Trinajstić information content (AvgIpc) is 2.76. The number of hydrogen-bond donors (Lipinski definition) is 1. The van der Waals surface area contributed by atoms with E-state index in [9.17, 15) is 0 Å². The minimum atomic E-state index is 0. The lowest BCUT2D eigenvalue weighted by Gasteiger charge is -2.17. The molecule has 0 saturated carbocycles. The second-order valence-electron chi connectivity index (χ2n) is 4.05. The first-order valence-corrected chi connectivity index (χ1v) is 6.57. The van der Waals surface area contributed by atoms with Gasteiger partial charge in [-0.25, -0.2) is 0 Å². The van der Waals surface area contributed by atoms with E-state index in [0.29, 0.717) is 5.92 Å². The molecule has 1 rings (SSSR count). The highest BCUT2D eigenvalue weighted by Gasteiger charge is 2.06. The van der Waals surface area contributed by atoms with Crippen molar-refractivity contribution >= 4 is 41.3 Å². The standard InChI is InChI=1S/C12H21N3S.HI/c1-5-13-12(15(3)4)14-8-10(2)11-6-7-16-9-11;/h6-7,9-10H,5,8H2,1-4H3,(H,13,14);1H. The van der Waals surface area contributed by atoms with Crippen LogP contribution in [0.15, 0.2) is 21.8 Å². The van der Waals surface area contributed by atoms with Crippen LogP contribution in [0, 0.1) is 0 Å². The van der Waals surface area contributed by atoms with Crippen LogP contribution in [0.2, 0.25) is 0 Å². The lowest BCUT2D eigenvalue weighted by Crippen LogP contribution is -2.36. The second kappa shape index (κ2) is 8.74. The van der Waals surface area contributed by atoms with Gasteiger partial charge in [0, 0.05) is 33.1 Å². The molecule has 1 unspecified atom stereocenters. The van der Waals surface area contributed by atoms with Crippen molar-refractivity contribution in [3.05, 3.63) is 22.4 Å². The van der Waals surface area contributed by atoms with Crippen molar-refractivity contribution in [2.24, 2.45) is 4.99 Å². The molecule has 5 heteroatoms. The molecule has 1 aromatic heterocycles. The minimum Gasteiger partial charge on any atom is -0.357 e. The number of thiophene rings is 1. The first-order chi connectivity index (χ1) is 7.65. The average molecular weight is 367 g/mol. The Labute approximate surface area is 125 Å². The van der Waals surface area contributed by atoms with Crippen molar-refractivity contribution in [1.82, 2.24) is 10.2 Å². The Balaban J connectivity index is 0.00000256. The van der Waals surface area contributed by atoms with Crippen LogP contribution in [0.1, 0.15) is 25.3 Å². The smallest absolute Gasteiger partial charge is 0.193 e. The summed E-state index contributed by atoms with van der Waals surface area (Å²) in [5.74, 6) is 1.45. The number of aliphatic imine (C=N–C) groups is 1. The van der Waals surface area contributed by atoms with Crippen LogP contribution in [-0.4, -0.2) is 38.0 Å². The zero-order valence-corrected chi connectivity index (χ0v) is 14.1. The van der Waals surface area contributed by atoms with Gasteiger partial charge in [-0.3, -0.25) is 4.99 Å². The zero-order valence-electron chi connectivity index (χ0n) is 10.9. The third-order valence-electron chi connectivity index (χ3n) is 2.39. The third kappa shape index (κ3) is 5.72. The van der Waals surface area contributed by atoms with Gasteiger partial charge in [0.05, 0.1) is 0 Å². The van der Waals surface area contributed by atoms with Gasteiger partial charge in [-0.05, 0) is 29.3 Å². The summed E-state index contributed by atoms with van der Waals surface area (Å²) in [6, 6.07) is 2.17. The summed E-state index contributed by atoms with van der Waals surface area (Å²) in [7, 11) is 4.02. The van der Waals surface area contributed by atoms with E-state index in [0.717, 1.165) is 19.0 Å². The number of hydrogen-bond acceptors (Lipinski definition) is 2. The van der Waals surface area contributed by atoms with Crippen LogP contribution in [0.4, 0.5) is 0 Å². The van der Waals surface area contributed by atoms with E-state index in [1.165, 1.54) is 5.56 Å². The highest BCUT2D eigenvalue weighted by Crippen LogP contribution is 2.18. The molecule has 1 N–H and O–H groups in total. The monoisotopic (exact) mass is 367 g/mol. The fraction of sp³-hybridized carbons (Fsp3) is 0.583. The van der Waals surface area contributed by atoms with Crippen molar-refractivity contribution in [3.63, 3.8) is 0 Å². The highest BCUT2D eigenvalue weighted by atomic mass is 127. The molecule has 0 aromatic carbocycles. The van der Waals surface area contributed by atoms with Gasteiger partial charge in [0.1, 0.15) is 0 Å². The van der Waals surface area contributed by atoms with E-state index in [2.05, 4.69) is 41.0 Å². The van der Waals surface area contributed by atoms with Gasteiger partial charge in [-0.2, -0.15) is 11.3 Å². The maximum atomic E-state index is 4.60. The van der Waals surface area contributed by atoms with Crippen molar-refractivity contribution in [1.29, 1.82) is 0 Å². The molecule has 1 aromatic rings. The van der Waals surface area contributed by atoms with Crippen molar-refractivity contribution in [3.8, 4) is 0 Å². The number of nitrogens with zero attached hydrogens (tertiary/aromatic N) is 2. The van der Waals surface area contributed by atoms with E-state index in [-0.39, 0.29) is 24.0 Å². The zero-order chi connectivity index (χ0) is 12.0. The van der Waals surface area contributed by atoms with Gasteiger partial charge >= 0.3 is 0 Å². The predicted octanol–water partition coefficient (Wildman–Crippen LogP) is 3.00. The molecule has 0 amide bonds. The van der Waals surface area contributed by atoms with E-state index in [4.69, 9.17) is 0 Å². The summed E-state index contributed by atoms with van der Waals surface area (Å²) in [5.41, 5.74) is 1.38. The molecule has 1 atom stereocenters. The van der Waals surface area contributed by atoms with Crippen molar-refractivity contribution in [2.75, 3.05) is 27.2 Å². The second-order valence-corrected chi connectivity index (χ2v) is 4.83. The lowest BCUT2D eigenvalue weighted by molar-refractivity contribution is 0.580. The first kappa shape index (κ1) is 16.7. The molecule has 0 aliphatic heterocycles. The summed E-state index contributed by atoms with van der Waals surface area (Å²) in [6.07, 6.45) is 0. The van der Waals surface area contributed by atoms with Crippen molar-refractivity contribution in [2.45, 2.75) is 19.8 Å². The molecule has 0 bridgehead atoms. The molecule has 0 saturated heterocycles. The van der Waals surface area contributed by atoms with E-state index in [1.54, 1.807) is 11.3 Å². The highest BCUT2D eigenvalue weighted by molar-refractivity contribution is 14.0. The summed E-state index contributed by atoms with van der Waals surface area (Å²) in [4.78, 5) is 6.62. The summed E-state index contributed by atoms with van der Waals surface area (Å²) in [5, 5.41) is 7.58. The molecule has 0 aliphatic carbocycles. The summed E-state index contributed by atoms with van der Waals surface area (Å²) >= 11 is 1.74. The molecule has 0 aliphatic rings. The largest absolute Gasteiger partial charge is 0.357 e. The molecule has 98 valence electrons. The number of halogens is 1. The predicted molar refractivity (Wildman–Crippen MR) is 87.8 cm³/mol. The van der Waals surface area contributed by atoms with Crippen LogP contribution in [0.5, 0.6) is 0 Å². The Morgan fingerprint density at radius 3 is 2.71 bits per heavy atom. The molecule has 0 radical (unpaired) electrons. The van der Waals surface area contributed by atoms with Crippen molar-refractivity contribution < 1.29 is 0 Å². The van der Waals surface area contributed by atoms with Crippen LogP contribution in [0.25, 0.3) is 0 Å². The fourth-order valence-corrected chi connectivity index (χ4v) is 2.18. The van der Waals surface area contributed by atoms with Gasteiger partial charge in [0.2, 0.25) is 0 Å².